The zero-order valence-electron chi connectivity index (χ0n) is 18.9. The first-order valence-corrected chi connectivity index (χ1v) is 12.3. The molecule has 33 heavy (non-hydrogen) atoms. The molecule has 1 aromatic heterocycles. The normalized spacial score (nSPS) is 15.3. The molecule has 0 bridgehead atoms. The number of rotatable bonds is 6. The maximum atomic E-state index is 14.5. The number of ether oxygens (including phenoxy) is 1. The minimum absolute atomic E-state index is 0.183. The Kier molecular flexibility index (Phi) is 6.56. The van der Waals surface area contributed by atoms with Crippen LogP contribution in [0.4, 0.5) is 10.1 Å². The second kappa shape index (κ2) is 9.24. The summed E-state index contributed by atoms with van der Waals surface area (Å²) in [6.45, 7) is 7.34. The van der Waals surface area contributed by atoms with Crippen LogP contribution in [0, 0.1) is 12.7 Å². The molecule has 2 aromatic carbocycles. The van der Waals surface area contributed by atoms with Gasteiger partial charge in [0.25, 0.3) is 0 Å². The molecule has 176 valence electrons. The van der Waals surface area contributed by atoms with Gasteiger partial charge in [-0.05, 0) is 59.9 Å². The molecule has 4 rings (SSSR count). The molecule has 1 saturated heterocycles. The van der Waals surface area contributed by atoms with Crippen molar-refractivity contribution in [3.8, 4) is 0 Å². The van der Waals surface area contributed by atoms with Gasteiger partial charge in [-0.15, -0.1) is 0 Å². The first-order chi connectivity index (χ1) is 15.7. The van der Waals surface area contributed by atoms with E-state index in [0.717, 1.165) is 22.6 Å². The molecule has 0 amide bonds. The molecule has 0 spiro atoms. The molecule has 0 aliphatic carbocycles. The van der Waals surface area contributed by atoms with Gasteiger partial charge in [0.1, 0.15) is 16.3 Å². The van der Waals surface area contributed by atoms with E-state index in [1.807, 2.05) is 19.1 Å². The maximum Gasteiger partial charge on any atom is 0.336 e. The number of sulfonamides is 1. The summed E-state index contributed by atoms with van der Waals surface area (Å²) in [6, 6.07) is 9.20. The van der Waals surface area contributed by atoms with Crippen molar-refractivity contribution in [3.05, 3.63) is 69.3 Å². The van der Waals surface area contributed by atoms with Crippen LogP contribution in [0.15, 0.2) is 50.5 Å². The lowest BCUT2D eigenvalue weighted by Gasteiger charge is -2.26. The predicted molar refractivity (Wildman–Crippen MR) is 125 cm³/mol. The van der Waals surface area contributed by atoms with Crippen molar-refractivity contribution in [2.24, 2.45) is 0 Å². The van der Waals surface area contributed by atoms with E-state index in [-0.39, 0.29) is 37.7 Å². The van der Waals surface area contributed by atoms with E-state index < -0.39 is 21.5 Å². The van der Waals surface area contributed by atoms with Crippen LogP contribution in [0.3, 0.4) is 0 Å². The van der Waals surface area contributed by atoms with E-state index >= 15 is 0 Å². The molecular formula is C24H27FN2O5S. The van der Waals surface area contributed by atoms with E-state index in [9.17, 15) is 17.6 Å². The minimum atomic E-state index is -3.99. The van der Waals surface area contributed by atoms with Gasteiger partial charge in [-0.3, -0.25) is 0 Å². The van der Waals surface area contributed by atoms with Crippen LogP contribution in [-0.4, -0.2) is 39.0 Å². The van der Waals surface area contributed by atoms with E-state index in [4.69, 9.17) is 9.15 Å². The van der Waals surface area contributed by atoms with Crippen LogP contribution in [0.1, 0.15) is 36.5 Å². The molecule has 9 heteroatoms. The van der Waals surface area contributed by atoms with Crippen molar-refractivity contribution in [2.75, 3.05) is 31.6 Å². The second-order valence-electron chi connectivity index (χ2n) is 8.47. The predicted octanol–water partition coefficient (Wildman–Crippen LogP) is 4.00. The second-order valence-corrected chi connectivity index (χ2v) is 10.4. The summed E-state index contributed by atoms with van der Waals surface area (Å²) in [5, 5.41) is 3.94. The highest BCUT2D eigenvalue weighted by molar-refractivity contribution is 7.89. The van der Waals surface area contributed by atoms with Crippen molar-refractivity contribution in [1.82, 2.24) is 4.31 Å². The average Bonchev–Trinajstić information content (AvgIpc) is 2.78. The number of benzene rings is 2. The molecular weight excluding hydrogens is 447 g/mol. The molecule has 0 atom stereocenters. The fourth-order valence-electron chi connectivity index (χ4n) is 4.09. The van der Waals surface area contributed by atoms with E-state index in [1.54, 1.807) is 0 Å². The van der Waals surface area contributed by atoms with Crippen molar-refractivity contribution < 1.29 is 22.0 Å². The van der Waals surface area contributed by atoms with Crippen LogP contribution in [0.25, 0.3) is 11.0 Å². The third-order valence-electron chi connectivity index (χ3n) is 5.84. The molecule has 0 unspecified atom stereocenters. The quantitative estimate of drug-likeness (QED) is 0.544. The zero-order valence-corrected chi connectivity index (χ0v) is 19.7. The largest absolute Gasteiger partial charge is 0.423 e. The summed E-state index contributed by atoms with van der Waals surface area (Å²) < 4.78 is 52.2. The molecule has 7 nitrogen and oxygen atoms in total. The molecule has 2 heterocycles. The Hall–Kier alpha value is -2.75. The smallest absolute Gasteiger partial charge is 0.336 e. The lowest BCUT2D eigenvalue weighted by Crippen LogP contribution is -2.40. The number of morpholine rings is 1. The first-order valence-electron chi connectivity index (χ1n) is 10.9. The molecule has 1 aliphatic rings. The average molecular weight is 475 g/mol. The number of nitrogens with zero attached hydrogens (tertiary/aromatic N) is 1. The Bertz CT molecular complexity index is 1340. The third kappa shape index (κ3) is 4.80. The van der Waals surface area contributed by atoms with Crippen molar-refractivity contribution >= 4 is 26.7 Å². The molecule has 1 aliphatic heterocycles. The third-order valence-corrected chi connectivity index (χ3v) is 7.75. The number of halogens is 1. The van der Waals surface area contributed by atoms with Gasteiger partial charge in [0, 0.05) is 36.8 Å². The Morgan fingerprint density at radius 2 is 1.85 bits per heavy atom. The van der Waals surface area contributed by atoms with Crippen LogP contribution < -0.4 is 10.9 Å². The van der Waals surface area contributed by atoms with Crippen LogP contribution in [0.2, 0.25) is 0 Å². The topological polar surface area (TPSA) is 88.8 Å². The first kappa shape index (κ1) is 23.4. The fourth-order valence-corrected chi connectivity index (χ4v) is 5.59. The Morgan fingerprint density at radius 1 is 1.12 bits per heavy atom. The number of hydrogen-bond acceptors (Lipinski definition) is 6. The number of nitrogens with one attached hydrogen (secondary N) is 1. The summed E-state index contributed by atoms with van der Waals surface area (Å²) >= 11 is 0. The number of aryl methyl sites for hydroxylation is 1. The van der Waals surface area contributed by atoms with Crippen molar-refractivity contribution in [2.45, 2.75) is 38.1 Å². The molecule has 1 fully saturated rings. The maximum absolute atomic E-state index is 14.5. The summed E-state index contributed by atoms with van der Waals surface area (Å²) in [6.07, 6.45) is 0. The number of fused-ring (bicyclic) bond motifs is 1. The summed E-state index contributed by atoms with van der Waals surface area (Å²) in [7, 11) is -3.99. The summed E-state index contributed by atoms with van der Waals surface area (Å²) in [5.74, 6) is -0.512. The minimum Gasteiger partial charge on any atom is -0.423 e. The van der Waals surface area contributed by atoms with Gasteiger partial charge in [0.15, 0.2) is 0 Å². The monoisotopic (exact) mass is 474 g/mol. The van der Waals surface area contributed by atoms with E-state index in [1.165, 1.54) is 22.5 Å². The lowest BCUT2D eigenvalue weighted by atomic mass is 9.95. The lowest BCUT2D eigenvalue weighted by molar-refractivity contribution is 0.0729. The van der Waals surface area contributed by atoms with Crippen molar-refractivity contribution in [1.29, 1.82) is 0 Å². The van der Waals surface area contributed by atoms with Gasteiger partial charge in [-0.1, -0.05) is 13.8 Å². The SMILES string of the molecule is Cc1cc2oc(=O)cc(CNc3ccc(F)c(S(=O)(=O)N4CCOCC4)c3)c2cc1C(C)C. The van der Waals surface area contributed by atoms with Crippen molar-refractivity contribution in [3.63, 3.8) is 0 Å². The standard InChI is InChI=1S/C24H27FN2O5S/c1-15(2)19-13-20-17(11-24(28)32-22(20)10-16(19)3)14-26-18-4-5-21(25)23(12-18)33(29,30)27-6-8-31-9-7-27/h4-5,10-13,15,26H,6-9,14H2,1-3H3. The summed E-state index contributed by atoms with van der Waals surface area (Å²) in [4.78, 5) is 11.7. The van der Waals surface area contributed by atoms with Crippen LogP contribution >= 0.6 is 0 Å². The number of anilines is 1. The number of hydrogen-bond donors (Lipinski definition) is 1. The van der Waals surface area contributed by atoms with E-state index in [2.05, 4.69) is 19.2 Å². The van der Waals surface area contributed by atoms with Gasteiger partial charge in [0.05, 0.1) is 13.2 Å². The molecule has 3 aromatic rings. The highest BCUT2D eigenvalue weighted by Crippen LogP contribution is 2.28. The molecule has 0 saturated carbocycles. The van der Waals surface area contributed by atoms with Gasteiger partial charge in [-0.2, -0.15) is 4.31 Å². The zero-order chi connectivity index (χ0) is 23.8. The fraction of sp³-hybridized carbons (Fsp3) is 0.375. The molecule has 1 N–H and O–H groups in total. The van der Waals surface area contributed by atoms with Gasteiger partial charge < -0.3 is 14.5 Å². The van der Waals surface area contributed by atoms with Gasteiger partial charge >= 0.3 is 5.63 Å². The summed E-state index contributed by atoms with van der Waals surface area (Å²) in [5.41, 5.74) is 3.37. The van der Waals surface area contributed by atoms with Crippen LogP contribution in [-0.2, 0) is 21.3 Å². The molecule has 0 radical (unpaired) electrons. The van der Waals surface area contributed by atoms with E-state index in [0.29, 0.717) is 22.8 Å². The Morgan fingerprint density at radius 3 is 2.55 bits per heavy atom. The highest BCUT2D eigenvalue weighted by Gasteiger charge is 2.29. The van der Waals surface area contributed by atoms with Gasteiger partial charge in [-0.25, -0.2) is 17.6 Å². The Labute approximate surface area is 192 Å². The van der Waals surface area contributed by atoms with Crippen LogP contribution in [0.5, 0.6) is 0 Å². The Balaban J connectivity index is 1.65. The highest BCUT2D eigenvalue weighted by atomic mass is 32.2. The van der Waals surface area contributed by atoms with Gasteiger partial charge in [0.2, 0.25) is 10.0 Å².